The number of aliphatic carboxylic acids is 1. The Kier molecular flexibility index (Phi) is 2.12. The van der Waals surface area contributed by atoms with Crippen LogP contribution in [0.2, 0.25) is 0 Å². The van der Waals surface area contributed by atoms with Crippen LogP contribution in [-0.2, 0) is 9.53 Å². The molecule has 64 valence electrons. The van der Waals surface area contributed by atoms with Gasteiger partial charge in [-0.3, -0.25) is 0 Å². The molecule has 1 heterocycles. The van der Waals surface area contributed by atoms with Crippen LogP contribution >= 0.6 is 0 Å². The lowest BCUT2D eigenvalue weighted by Crippen LogP contribution is -2.53. The van der Waals surface area contributed by atoms with Crippen LogP contribution in [0.5, 0.6) is 0 Å². The molecule has 1 rings (SSSR count). The Morgan fingerprint density at radius 1 is 1.82 bits per heavy atom. The van der Waals surface area contributed by atoms with Crippen molar-refractivity contribution in [1.82, 2.24) is 0 Å². The summed E-state index contributed by atoms with van der Waals surface area (Å²) in [6.07, 6.45) is -0.925. The van der Waals surface area contributed by atoms with Crippen molar-refractivity contribution in [2.45, 2.75) is 6.10 Å². The number of hydrogen-bond acceptors (Lipinski definition) is 3. The highest BCUT2D eigenvalue weighted by molar-refractivity contribution is 5.72. The smallest absolute Gasteiger partial charge is 0.338 e. The van der Waals surface area contributed by atoms with Crippen LogP contribution in [-0.4, -0.2) is 48.6 Å². The summed E-state index contributed by atoms with van der Waals surface area (Å²) in [5.41, 5.74) is 0. The van der Waals surface area contributed by atoms with Gasteiger partial charge < -0.3 is 19.7 Å². The fourth-order valence-electron chi connectivity index (χ4n) is 1.03. The van der Waals surface area contributed by atoms with E-state index in [4.69, 9.17) is 9.84 Å². The number of ether oxygens (including phenoxy) is 1. The van der Waals surface area contributed by atoms with Crippen LogP contribution in [0, 0.1) is 5.21 Å². The van der Waals surface area contributed by atoms with Gasteiger partial charge in [0.05, 0.1) is 13.7 Å². The van der Waals surface area contributed by atoms with Gasteiger partial charge in [0.2, 0.25) is 6.10 Å². The third-order valence-electron chi connectivity index (χ3n) is 1.71. The molecule has 1 N–H and O–H groups in total. The third kappa shape index (κ3) is 2.14. The van der Waals surface area contributed by atoms with Crippen molar-refractivity contribution < 1.29 is 19.3 Å². The molecule has 2 atom stereocenters. The topological polar surface area (TPSA) is 69.6 Å². The van der Waals surface area contributed by atoms with E-state index in [0.29, 0.717) is 6.54 Å². The minimum atomic E-state index is -1.05. The second-order valence-electron chi connectivity index (χ2n) is 2.90. The van der Waals surface area contributed by atoms with Crippen LogP contribution in [0.25, 0.3) is 0 Å². The zero-order valence-electron chi connectivity index (χ0n) is 6.32. The SMILES string of the molecule is C[N+]1([O-])CCOC(C(=O)O)C1. The number of hydrogen-bond donors (Lipinski definition) is 1. The minimum Gasteiger partial charge on any atom is -0.633 e. The first-order valence-corrected chi connectivity index (χ1v) is 3.41. The molecule has 0 bridgehead atoms. The van der Waals surface area contributed by atoms with Gasteiger partial charge in [0.15, 0.2) is 0 Å². The Morgan fingerprint density at radius 2 is 2.45 bits per heavy atom. The molecular formula is C6H11NO4. The fraction of sp³-hybridized carbons (Fsp3) is 0.833. The van der Waals surface area contributed by atoms with Crippen molar-refractivity contribution in [3.63, 3.8) is 0 Å². The second kappa shape index (κ2) is 2.77. The normalized spacial score (nSPS) is 38.5. The summed E-state index contributed by atoms with van der Waals surface area (Å²) >= 11 is 0. The molecule has 11 heavy (non-hydrogen) atoms. The van der Waals surface area contributed by atoms with E-state index in [1.54, 1.807) is 0 Å². The van der Waals surface area contributed by atoms with E-state index in [-0.39, 0.29) is 13.2 Å². The molecule has 0 amide bonds. The molecule has 1 aliphatic rings. The maximum Gasteiger partial charge on any atom is 0.338 e. The highest BCUT2D eigenvalue weighted by Crippen LogP contribution is 2.10. The zero-order chi connectivity index (χ0) is 8.48. The average molecular weight is 161 g/mol. The Bertz CT molecular complexity index is 168. The van der Waals surface area contributed by atoms with E-state index < -0.39 is 16.7 Å². The number of likely N-dealkylation sites (N-methyl/N-ethyl adjacent to an activating group) is 1. The lowest BCUT2D eigenvalue weighted by atomic mass is 10.3. The van der Waals surface area contributed by atoms with E-state index >= 15 is 0 Å². The number of quaternary nitrogens is 1. The van der Waals surface area contributed by atoms with Gasteiger partial charge in [-0.1, -0.05) is 0 Å². The highest BCUT2D eigenvalue weighted by Gasteiger charge is 2.30. The van der Waals surface area contributed by atoms with Crippen LogP contribution < -0.4 is 0 Å². The van der Waals surface area contributed by atoms with E-state index in [0.717, 1.165) is 0 Å². The fourth-order valence-corrected chi connectivity index (χ4v) is 1.03. The van der Waals surface area contributed by atoms with Crippen molar-refractivity contribution in [2.75, 3.05) is 26.7 Å². The molecule has 0 aromatic heterocycles. The van der Waals surface area contributed by atoms with Crippen LogP contribution in [0.15, 0.2) is 0 Å². The Hall–Kier alpha value is -0.650. The summed E-state index contributed by atoms with van der Waals surface area (Å²) in [6.45, 7) is 0.579. The van der Waals surface area contributed by atoms with Gasteiger partial charge in [-0.2, -0.15) is 0 Å². The summed E-state index contributed by atoms with van der Waals surface area (Å²) < 4.78 is 4.34. The number of rotatable bonds is 1. The maximum atomic E-state index is 11.2. The van der Waals surface area contributed by atoms with Crippen LogP contribution in [0.1, 0.15) is 0 Å². The summed E-state index contributed by atoms with van der Waals surface area (Å²) in [6, 6.07) is 0. The number of hydroxylamine groups is 3. The number of carboxylic acid groups (broad SMARTS) is 1. The monoisotopic (exact) mass is 161 g/mol. The molecule has 1 aliphatic heterocycles. The van der Waals surface area contributed by atoms with Gasteiger partial charge in [0.25, 0.3) is 0 Å². The molecule has 0 aliphatic carbocycles. The number of morpholine rings is 1. The first-order chi connectivity index (χ1) is 5.01. The van der Waals surface area contributed by atoms with Gasteiger partial charge in [0.1, 0.15) is 13.1 Å². The largest absolute Gasteiger partial charge is 0.633 e. The van der Waals surface area contributed by atoms with Gasteiger partial charge >= 0.3 is 5.97 Å². The van der Waals surface area contributed by atoms with E-state index in [2.05, 4.69) is 0 Å². The van der Waals surface area contributed by atoms with Crippen molar-refractivity contribution in [1.29, 1.82) is 0 Å². The molecule has 0 aromatic carbocycles. The quantitative estimate of drug-likeness (QED) is 0.412. The lowest BCUT2D eigenvalue weighted by molar-refractivity contribution is -0.871. The molecule has 5 heteroatoms. The molecule has 2 unspecified atom stereocenters. The Morgan fingerprint density at radius 3 is 2.82 bits per heavy atom. The number of carbonyl (C=O) groups is 1. The average Bonchev–Trinajstić information content (AvgIpc) is 1.85. The lowest BCUT2D eigenvalue weighted by Gasteiger charge is -2.43. The van der Waals surface area contributed by atoms with Crippen molar-refractivity contribution >= 4 is 5.97 Å². The van der Waals surface area contributed by atoms with Crippen LogP contribution in [0.4, 0.5) is 0 Å². The van der Waals surface area contributed by atoms with Crippen molar-refractivity contribution in [3.05, 3.63) is 5.21 Å². The van der Waals surface area contributed by atoms with Crippen molar-refractivity contribution in [2.24, 2.45) is 0 Å². The second-order valence-corrected chi connectivity index (χ2v) is 2.90. The number of nitrogens with zero attached hydrogens (tertiary/aromatic N) is 1. The van der Waals surface area contributed by atoms with E-state index in [1.165, 1.54) is 7.05 Å². The molecule has 0 spiro atoms. The Labute approximate surface area is 64.3 Å². The van der Waals surface area contributed by atoms with E-state index in [1.807, 2.05) is 0 Å². The van der Waals surface area contributed by atoms with Gasteiger partial charge in [0, 0.05) is 0 Å². The first-order valence-electron chi connectivity index (χ1n) is 3.41. The van der Waals surface area contributed by atoms with Crippen molar-refractivity contribution in [3.8, 4) is 0 Å². The molecular weight excluding hydrogens is 150 g/mol. The molecule has 1 saturated heterocycles. The molecule has 0 saturated carbocycles. The van der Waals surface area contributed by atoms with E-state index in [9.17, 15) is 10.0 Å². The first kappa shape index (κ1) is 8.45. The van der Waals surface area contributed by atoms with Gasteiger partial charge in [-0.15, -0.1) is 0 Å². The van der Waals surface area contributed by atoms with Crippen LogP contribution in [0.3, 0.4) is 0 Å². The predicted octanol–water partition coefficient (Wildman–Crippen LogP) is -0.586. The van der Waals surface area contributed by atoms with Gasteiger partial charge in [-0.05, 0) is 0 Å². The molecule has 0 radical (unpaired) electrons. The predicted molar refractivity (Wildman–Crippen MR) is 36.7 cm³/mol. The summed E-state index contributed by atoms with van der Waals surface area (Å²) in [4.78, 5) is 10.4. The molecule has 1 fully saturated rings. The number of carboxylic acids is 1. The Balaban J connectivity index is 2.53. The third-order valence-corrected chi connectivity index (χ3v) is 1.71. The molecule has 5 nitrogen and oxygen atoms in total. The summed E-state index contributed by atoms with van der Waals surface area (Å²) in [5, 5.41) is 19.7. The zero-order valence-corrected chi connectivity index (χ0v) is 6.32. The maximum absolute atomic E-state index is 11.2. The summed E-state index contributed by atoms with van der Waals surface area (Å²) in [7, 11) is 1.46. The van der Waals surface area contributed by atoms with Gasteiger partial charge in [-0.25, -0.2) is 4.79 Å². The highest BCUT2D eigenvalue weighted by atomic mass is 16.6. The molecule has 0 aromatic rings. The standard InChI is InChI=1S/C6H11NO4/c1-7(10)2-3-11-5(4-7)6(8)9/h5H,2-4H2,1H3,(H,8,9). The summed E-state index contributed by atoms with van der Waals surface area (Å²) in [5.74, 6) is -1.05. The minimum absolute atomic E-state index is 0.00926.